The fraction of sp³-hybridized carbons (Fsp3) is 0.400. The summed E-state index contributed by atoms with van der Waals surface area (Å²) in [5.74, 6) is -0.800. The highest BCUT2D eigenvalue weighted by Gasteiger charge is 2.36. The van der Waals surface area contributed by atoms with Crippen molar-refractivity contribution in [2.24, 2.45) is 0 Å². The summed E-state index contributed by atoms with van der Waals surface area (Å²) in [4.78, 5) is 58.7. The van der Waals surface area contributed by atoms with E-state index < -0.39 is 17.8 Å². The van der Waals surface area contributed by atoms with Crippen molar-refractivity contribution >= 4 is 45.3 Å². The summed E-state index contributed by atoms with van der Waals surface area (Å²) in [6.07, 6.45) is 4.66. The highest BCUT2D eigenvalue weighted by Crippen LogP contribution is 2.41. The Balaban J connectivity index is 0.846. The van der Waals surface area contributed by atoms with E-state index in [1.807, 2.05) is 27.7 Å². The van der Waals surface area contributed by atoms with Crippen LogP contribution in [0.15, 0.2) is 65.4 Å². The van der Waals surface area contributed by atoms with Gasteiger partial charge >= 0.3 is 11.8 Å². The molecular weight excluding hydrogens is 750 g/mol. The van der Waals surface area contributed by atoms with Gasteiger partial charge < -0.3 is 19.7 Å². The quantitative estimate of drug-likeness (QED) is 0.137. The first-order chi connectivity index (χ1) is 28.3. The van der Waals surface area contributed by atoms with Crippen LogP contribution < -0.4 is 15.5 Å². The maximum absolute atomic E-state index is 16.1. The first kappa shape index (κ1) is 38.5. The number of piperazine rings is 1. The maximum atomic E-state index is 16.1. The van der Waals surface area contributed by atoms with Gasteiger partial charge in [0.25, 0.3) is 0 Å². The topological polar surface area (TPSA) is 162 Å². The van der Waals surface area contributed by atoms with Crippen molar-refractivity contribution < 1.29 is 23.3 Å². The molecule has 2 aliphatic heterocycles. The Hall–Kier alpha value is -6.02. The third-order valence-corrected chi connectivity index (χ3v) is 12.4. The number of nitrogens with one attached hydrogen (secondary N) is 3. The Morgan fingerprint density at radius 3 is 2.44 bits per heavy atom. The number of rotatable bonds is 8. The fourth-order valence-electron chi connectivity index (χ4n) is 8.93. The van der Waals surface area contributed by atoms with Crippen LogP contribution in [0.4, 0.5) is 10.1 Å². The van der Waals surface area contributed by atoms with Crippen molar-refractivity contribution in [3.05, 3.63) is 101 Å². The van der Waals surface area contributed by atoms with Gasteiger partial charge in [0.1, 0.15) is 17.8 Å². The molecule has 2 saturated heterocycles. The standard InChI is InChI=1S/C45H48FN9O4/c1-24-18-34(35(46)22-33(24)25(2)49-42(58)43-52-44(53-59-43)45(3,4)5)39-38-32-11-10-29(21-36(32)50-40(38)48-23-47-39)54-14-16-55(17-15-54)30-19-28(20-30)26-6-8-27(9-7-26)31-12-13-37(56)51-41(31)57/h6-11,18,21-23,25,28,30-31H,12-17,19-20H2,1-5H3,(H,49,58)(H,47,48,50)(H,51,56,57)/t25-,28?,30?,31-/m1/s1. The number of H-pyrrole nitrogens is 1. The molecule has 2 atom stereocenters. The lowest BCUT2D eigenvalue weighted by Gasteiger charge is -2.47. The number of anilines is 1. The van der Waals surface area contributed by atoms with Crippen molar-refractivity contribution in [1.29, 1.82) is 0 Å². The SMILES string of the molecule is Cc1cc(-c2ncnc3[nH]c4cc(N5CCN(C6CC(c7ccc([C@H]8CCC(=O)NC8=O)cc7)C6)CC5)ccc4c23)c(F)cc1[C@@H](C)NC(=O)c1nc(C(C)(C)C)no1. The summed E-state index contributed by atoms with van der Waals surface area (Å²) in [6.45, 7) is 13.3. The minimum atomic E-state index is -0.529. The summed E-state index contributed by atoms with van der Waals surface area (Å²) < 4.78 is 21.3. The highest BCUT2D eigenvalue weighted by molar-refractivity contribution is 6.12. The monoisotopic (exact) mass is 797 g/mol. The minimum Gasteiger partial charge on any atom is -0.369 e. The van der Waals surface area contributed by atoms with E-state index in [0.29, 0.717) is 53.1 Å². The number of benzene rings is 3. The lowest BCUT2D eigenvalue weighted by Crippen LogP contribution is -2.53. The van der Waals surface area contributed by atoms with E-state index in [9.17, 15) is 14.4 Å². The number of nitrogens with zero attached hydrogens (tertiary/aromatic N) is 6. The zero-order valence-corrected chi connectivity index (χ0v) is 33.9. The van der Waals surface area contributed by atoms with E-state index in [2.05, 4.69) is 88.0 Å². The molecule has 14 heteroatoms. The zero-order chi connectivity index (χ0) is 41.2. The summed E-state index contributed by atoms with van der Waals surface area (Å²) in [7, 11) is 0. The Labute approximate surface area is 341 Å². The maximum Gasteiger partial charge on any atom is 0.315 e. The molecule has 59 heavy (non-hydrogen) atoms. The number of hydrogen-bond donors (Lipinski definition) is 3. The largest absolute Gasteiger partial charge is 0.369 e. The number of hydrogen-bond acceptors (Lipinski definition) is 10. The first-order valence-electron chi connectivity index (χ1n) is 20.4. The molecule has 0 radical (unpaired) electrons. The Kier molecular flexibility index (Phi) is 9.77. The number of halogens is 1. The van der Waals surface area contributed by atoms with E-state index in [1.165, 1.54) is 18.0 Å². The van der Waals surface area contributed by atoms with Gasteiger partial charge in [-0.1, -0.05) is 56.3 Å². The van der Waals surface area contributed by atoms with Gasteiger partial charge in [-0.25, -0.2) is 14.4 Å². The summed E-state index contributed by atoms with van der Waals surface area (Å²) in [5.41, 5.74) is 6.86. The molecule has 9 rings (SSSR count). The van der Waals surface area contributed by atoms with Gasteiger partial charge in [0, 0.05) is 66.2 Å². The van der Waals surface area contributed by atoms with Crippen molar-refractivity contribution in [1.82, 2.24) is 40.6 Å². The number of piperidine rings is 1. The molecule has 5 heterocycles. The summed E-state index contributed by atoms with van der Waals surface area (Å²) >= 11 is 0. The molecule has 0 spiro atoms. The lowest BCUT2D eigenvalue weighted by atomic mass is 9.74. The smallest absolute Gasteiger partial charge is 0.315 e. The van der Waals surface area contributed by atoms with E-state index >= 15 is 4.39 Å². The van der Waals surface area contributed by atoms with Crippen LogP contribution in [0.3, 0.4) is 0 Å². The molecule has 3 aromatic carbocycles. The van der Waals surface area contributed by atoms with Crippen LogP contribution in [0.2, 0.25) is 0 Å². The van der Waals surface area contributed by atoms with Crippen LogP contribution in [0.25, 0.3) is 33.2 Å². The number of aromatic nitrogens is 5. The second kappa shape index (κ2) is 15.0. The highest BCUT2D eigenvalue weighted by atomic mass is 19.1. The molecule has 3 aliphatic rings. The zero-order valence-electron chi connectivity index (χ0n) is 33.9. The molecule has 1 aliphatic carbocycles. The average Bonchev–Trinajstić information content (AvgIpc) is 3.85. The average molecular weight is 798 g/mol. The Morgan fingerprint density at radius 2 is 1.73 bits per heavy atom. The van der Waals surface area contributed by atoms with E-state index in [1.54, 1.807) is 13.0 Å². The van der Waals surface area contributed by atoms with E-state index in [-0.39, 0.29) is 29.0 Å². The first-order valence-corrected chi connectivity index (χ1v) is 20.4. The van der Waals surface area contributed by atoms with Crippen molar-refractivity contribution in [2.45, 2.75) is 89.6 Å². The predicted molar refractivity (Wildman–Crippen MR) is 222 cm³/mol. The number of amides is 3. The second-order valence-corrected chi connectivity index (χ2v) is 17.4. The molecule has 3 fully saturated rings. The number of imide groups is 1. The molecule has 0 bridgehead atoms. The van der Waals surface area contributed by atoms with E-state index in [4.69, 9.17) is 4.52 Å². The molecule has 13 nitrogen and oxygen atoms in total. The van der Waals surface area contributed by atoms with Crippen molar-refractivity contribution in [3.8, 4) is 11.3 Å². The van der Waals surface area contributed by atoms with Gasteiger partial charge in [-0.2, -0.15) is 4.98 Å². The normalized spacial score (nSPS) is 20.8. The summed E-state index contributed by atoms with van der Waals surface area (Å²) in [5, 5.41) is 10.9. The van der Waals surface area contributed by atoms with Gasteiger partial charge in [-0.15, -0.1) is 0 Å². The van der Waals surface area contributed by atoms with Crippen LogP contribution in [-0.4, -0.2) is 79.9 Å². The van der Waals surface area contributed by atoms with Gasteiger partial charge in [0.15, 0.2) is 5.82 Å². The third kappa shape index (κ3) is 7.34. The molecule has 3 amide bonds. The minimum absolute atomic E-state index is 0.137. The molecular formula is C45H48FN9O4. The number of carbonyl (C=O) groups is 3. The van der Waals surface area contributed by atoms with Crippen LogP contribution >= 0.6 is 0 Å². The van der Waals surface area contributed by atoms with Gasteiger partial charge in [0.2, 0.25) is 11.8 Å². The lowest BCUT2D eigenvalue weighted by molar-refractivity contribution is -0.134. The van der Waals surface area contributed by atoms with Crippen molar-refractivity contribution in [3.63, 3.8) is 0 Å². The summed E-state index contributed by atoms with van der Waals surface area (Å²) in [6, 6.07) is 18.0. The second-order valence-electron chi connectivity index (χ2n) is 17.4. The molecule has 304 valence electrons. The molecule has 3 N–H and O–H groups in total. The molecule has 0 unspecified atom stereocenters. The Bertz CT molecular complexity index is 2600. The Morgan fingerprint density at radius 1 is 0.983 bits per heavy atom. The van der Waals surface area contributed by atoms with Crippen LogP contribution in [0.5, 0.6) is 0 Å². The van der Waals surface area contributed by atoms with Crippen molar-refractivity contribution in [2.75, 3.05) is 31.1 Å². The third-order valence-electron chi connectivity index (χ3n) is 12.4. The fourth-order valence-corrected chi connectivity index (χ4v) is 8.93. The van der Waals surface area contributed by atoms with E-state index in [0.717, 1.165) is 72.1 Å². The molecule has 1 saturated carbocycles. The van der Waals surface area contributed by atoms with Crippen LogP contribution in [-0.2, 0) is 15.0 Å². The number of aromatic amines is 1. The van der Waals surface area contributed by atoms with Gasteiger partial charge in [0.05, 0.1) is 23.0 Å². The molecule has 3 aromatic heterocycles. The number of aryl methyl sites for hydroxylation is 1. The van der Waals surface area contributed by atoms with Gasteiger partial charge in [-0.05, 0) is 85.5 Å². The van der Waals surface area contributed by atoms with Crippen LogP contribution in [0.1, 0.15) is 110 Å². The number of fused-ring (bicyclic) bond motifs is 3. The number of carbonyl (C=O) groups excluding carboxylic acids is 3. The van der Waals surface area contributed by atoms with Crippen LogP contribution in [0, 0.1) is 12.7 Å². The molecule has 6 aromatic rings. The predicted octanol–water partition coefficient (Wildman–Crippen LogP) is 6.99. The van der Waals surface area contributed by atoms with Gasteiger partial charge in [-0.3, -0.25) is 24.6 Å².